The van der Waals surface area contributed by atoms with Gasteiger partial charge in [-0.3, -0.25) is 0 Å². The molecular weight excluding hydrogens is 257 g/mol. The second-order valence-corrected chi connectivity index (χ2v) is 3.98. The van der Waals surface area contributed by atoms with Gasteiger partial charge in [0.05, 0.1) is 11.9 Å². The molecule has 2 rings (SSSR count). The minimum absolute atomic E-state index is 0.124. The highest BCUT2D eigenvalue weighted by molar-refractivity contribution is 5.45. The van der Waals surface area contributed by atoms with Gasteiger partial charge in [0.25, 0.3) is 0 Å². The molecule has 2 aromatic heterocycles. The topological polar surface area (TPSA) is 42.7 Å². The Labute approximate surface area is 108 Å². The molecule has 19 heavy (non-hydrogen) atoms. The fourth-order valence-corrected chi connectivity index (χ4v) is 1.66. The summed E-state index contributed by atoms with van der Waals surface area (Å²) < 4.78 is 39.9. The van der Waals surface area contributed by atoms with E-state index >= 15 is 0 Å². The largest absolute Gasteiger partial charge is 0.419 e. The molecule has 0 saturated heterocycles. The molecule has 0 spiro atoms. The molecule has 0 amide bonds. The van der Waals surface area contributed by atoms with Crippen LogP contribution in [0.3, 0.4) is 0 Å². The first-order chi connectivity index (χ1) is 9.07. The Morgan fingerprint density at radius 3 is 2.79 bits per heavy atom. The number of aromatic nitrogens is 3. The van der Waals surface area contributed by atoms with Crippen LogP contribution in [-0.2, 0) is 12.7 Å². The summed E-state index contributed by atoms with van der Waals surface area (Å²) in [6.45, 7) is 1.11. The van der Waals surface area contributed by atoms with Gasteiger partial charge in [-0.1, -0.05) is 0 Å². The summed E-state index contributed by atoms with van der Waals surface area (Å²) in [6.07, 6.45) is 2.77. The van der Waals surface area contributed by atoms with Crippen LogP contribution in [0.5, 0.6) is 0 Å². The molecule has 4 nitrogen and oxygen atoms in total. The maximum atomic E-state index is 12.7. The van der Waals surface area contributed by atoms with Gasteiger partial charge in [0.15, 0.2) is 0 Å². The van der Waals surface area contributed by atoms with Crippen molar-refractivity contribution in [3.63, 3.8) is 0 Å². The highest BCUT2D eigenvalue weighted by Gasteiger charge is 2.33. The number of anilines is 1. The van der Waals surface area contributed by atoms with E-state index < -0.39 is 11.7 Å². The molecule has 2 aromatic rings. The van der Waals surface area contributed by atoms with Crippen LogP contribution in [0.1, 0.15) is 12.0 Å². The van der Waals surface area contributed by atoms with Crippen molar-refractivity contribution in [3.8, 4) is 0 Å². The normalized spacial score (nSPS) is 11.5. The van der Waals surface area contributed by atoms with Crippen LogP contribution >= 0.6 is 0 Å². The lowest BCUT2D eigenvalue weighted by Crippen LogP contribution is -2.13. The van der Waals surface area contributed by atoms with Crippen molar-refractivity contribution in [1.82, 2.24) is 14.5 Å². The zero-order valence-electron chi connectivity index (χ0n) is 10.1. The van der Waals surface area contributed by atoms with Gasteiger partial charge in [-0.15, -0.1) is 0 Å². The first kappa shape index (κ1) is 13.4. The molecule has 0 unspecified atom stereocenters. The summed E-state index contributed by atoms with van der Waals surface area (Å²) in [5, 5.41) is 2.72. The van der Waals surface area contributed by atoms with Crippen LogP contribution < -0.4 is 5.32 Å². The second kappa shape index (κ2) is 5.73. The Balaban J connectivity index is 1.89. The van der Waals surface area contributed by atoms with Crippen molar-refractivity contribution in [2.45, 2.75) is 19.1 Å². The first-order valence-corrected chi connectivity index (χ1v) is 5.79. The van der Waals surface area contributed by atoms with Crippen LogP contribution in [0.4, 0.5) is 19.0 Å². The molecule has 0 bridgehead atoms. The molecule has 0 aliphatic carbocycles. The molecule has 0 aromatic carbocycles. The summed E-state index contributed by atoms with van der Waals surface area (Å²) in [7, 11) is 0. The van der Waals surface area contributed by atoms with Crippen molar-refractivity contribution < 1.29 is 13.2 Å². The van der Waals surface area contributed by atoms with Gasteiger partial charge in [-0.2, -0.15) is 13.2 Å². The molecule has 102 valence electrons. The van der Waals surface area contributed by atoms with E-state index in [4.69, 9.17) is 0 Å². The Hall–Kier alpha value is -2.05. The molecule has 0 fully saturated rings. The lowest BCUT2D eigenvalue weighted by atomic mass is 10.2. The van der Waals surface area contributed by atoms with Gasteiger partial charge in [0, 0.05) is 31.7 Å². The van der Waals surface area contributed by atoms with E-state index in [0.29, 0.717) is 19.5 Å². The van der Waals surface area contributed by atoms with Crippen molar-refractivity contribution in [1.29, 1.82) is 0 Å². The van der Waals surface area contributed by atoms with Gasteiger partial charge in [-0.25, -0.2) is 9.97 Å². The van der Waals surface area contributed by atoms with Gasteiger partial charge < -0.3 is 9.88 Å². The third kappa shape index (κ3) is 3.70. The summed E-state index contributed by atoms with van der Waals surface area (Å²) in [5.74, 6) is -0.124. The summed E-state index contributed by atoms with van der Waals surface area (Å²) in [4.78, 5) is 7.62. The van der Waals surface area contributed by atoms with Gasteiger partial charge in [0.1, 0.15) is 5.82 Å². The number of pyridine rings is 1. The second-order valence-electron chi connectivity index (χ2n) is 3.98. The third-order valence-electron chi connectivity index (χ3n) is 2.56. The van der Waals surface area contributed by atoms with Crippen LogP contribution in [0.2, 0.25) is 0 Å². The lowest BCUT2D eigenvalue weighted by Gasteiger charge is -2.13. The standard InChI is InChI=1S/C12H13F3N4/c13-12(14,15)10-3-1-4-17-11(10)18-5-2-7-19-8-6-16-9-19/h1,3-4,6,8-9H,2,5,7H2,(H,17,18). The van der Waals surface area contributed by atoms with Crippen molar-refractivity contribution >= 4 is 5.82 Å². The van der Waals surface area contributed by atoms with E-state index in [1.54, 1.807) is 12.5 Å². The Morgan fingerprint density at radius 2 is 2.11 bits per heavy atom. The number of hydrogen-bond acceptors (Lipinski definition) is 3. The maximum Gasteiger partial charge on any atom is 0.419 e. The zero-order chi connectivity index (χ0) is 13.7. The van der Waals surface area contributed by atoms with E-state index in [9.17, 15) is 13.2 Å². The molecule has 0 atom stereocenters. The number of rotatable bonds is 5. The monoisotopic (exact) mass is 270 g/mol. The fraction of sp³-hybridized carbons (Fsp3) is 0.333. The Kier molecular flexibility index (Phi) is 4.03. The van der Waals surface area contributed by atoms with Crippen LogP contribution in [0.15, 0.2) is 37.1 Å². The quantitative estimate of drug-likeness (QED) is 0.849. The van der Waals surface area contributed by atoms with Crippen LogP contribution in [0, 0.1) is 0 Å². The van der Waals surface area contributed by atoms with Gasteiger partial charge in [-0.05, 0) is 18.6 Å². The minimum atomic E-state index is -4.39. The third-order valence-corrected chi connectivity index (χ3v) is 2.56. The SMILES string of the molecule is FC(F)(F)c1cccnc1NCCCn1ccnc1. The number of imidazole rings is 1. The van der Waals surface area contributed by atoms with E-state index in [2.05, 4.69) is 15.3 Å². The van der Waals surface area contributed by atoms with Gasteiger partial charge >= 0.3 is 6.18 Å². The molecule has 2 heterocycles. The highest BCUT2D eigenvalue weighted by Crippen LogP contribution is 2.33. The molecule has 0 aliphatic heterocycles. The number of aryl methyl sites for hydroxylation is 1. The van der Waals surface area contributed by atoms with E-state index in [0.717, 1.165) is 6.07 Å². The molecule has 0 aliphatic rings. The number of nitrogens with one attached hydrogen (secondary N) is 1. The Bertz CT molecular complexity index is 508. The molecule has 0 radical (unpaired) electrons. The van der Waals surface area contributed by atoms with Crippen molar-refractivity contribution in [2.75, 3.05) is 11.9 Å². The molecule has 7 heteroatoms. The minimum Gasteiger partial charge on any atom is -0.370 e. The smallest absolute Gasteiger partial charge is 0.370 e. The van der Waals surface area contributed by atoms with Crippen LogP contribution in [-0.4, -0.2) is 21.1 Å². The van der Waals surface area contributed by atoms with E-state index in [1.165, 1.54) is 12.3 Å². The molecular formula is C12H13F3N4. The number of nitrogens with zero attached hydrogens (tertiary/aromatic N) is 3. The predicted molar refractivity (Wildman–Crippen MR) is 64.6 cm³/mol. The van der Waals surface area contributed by atoms with Crippen molar-refractivity contribution in [3.05, 3.63) is 42.6 Å². The number of hydrogen-bond donors (Lipinski definition) is 1. The van der Waals surface area contributed by atoms with Gasteiger partial charge in [0.2, 0.25) is 0 Å². The molecule has 0 saturated carbocycles. The van der Waals surface area contributed by atoms with E-state index in [1.807, 2.05) is 10.8 Å². The summed E-state index contributed by atoms with van der Waals surface area (Å²) >= 11 is 0. The highest BCUT2D eigenvalue weighted by atomic mass is 19.4. The van der Waals surface area contributed by atoms with Crippen molar-refractivity contribution in [2.24, 2.45) is 0 Å². The predicted octanol–water partition coefficient (Wildman–Crippen LogP) is 2.80. The Morgan fingerprint density at radius 1 is 1.26 bits per heavy atom. The molecule has 1 N–H and O–H groups in total. The number of alkyl halides is 3. The summed E-state index contributed by atoms with van der Waals surface area (Å²) in [5.41, 5.74) is -0.738. The lowest BCUT2D eigenvalue weighted by molar-refractivity contribution is -0.137. The zero-order valence-corrected chi connectivity index (χ0v) is 10.1. The number of halogens is 3. The average molecular weight is 270 g/mol. The average Bonchev–Trinajstić information content (AvgIpc) is 2.87. The maximum absolute atomic E-state index is 12.7. The van der Waals surface area contributed by atoms with E-state index in [-0.39, 0.29) is 5.82 Å². The fourth-order valence-electron chi connectivity index (χ4n) is 1.66. The van der Waals surface area contributed by atoms with Crippen LogP contribution in [0.25, 0.3) is 0 Å². The summed E-state index contributed by atoms with van der Waals surface area (Å²) in [6, 6.07) is 2.30. The first-order valence-electron chi connectivity index (χ1n) is 5.79.